The van der Waals surface area contributed by atoms with Gasteiger partial charge in [0.25, 0.3) is 5.92 Å². The van der Waals surface area contributed by atoms with E-state index in [9.17, 15) is 8.78 Å². The first-order valence-corrected chi connectivity index (χ1v) is 9.79. The molecule has 0 saturated heterocycles. The molecule has 0 heterocycles. The molecule has 3 aliphatic carbocycles. The average Bonchev–Trinajstić information content (AvgIpc) is 2.61. The molecule has 2 heteroatoms. The number of benzene rings is 1. The summed E-state index contributed by atoms with van der Waals surface area (Å²) in [6.07, 6.45) is 17.8. The quantitative estimate of drug-likeness (QED) is 0.543. The smallest absolute Gasteiger partial charge is 0.196 e. The highest BCUT2D eigenvalue weighted by molar-refractivity contribution is 5.46. The third-order valence-corrected chi connectivity index (χ3v) is 6.23. The number of hydrogen-bond donors (Lipinski definition) is 0. The Morgan fingerprint density at radius 2 is 1.65 bits per heavy atom. The molecular weight excluding hydrogens is 326 g/mol. The molecule has 1 saturated carbocycles. The molecule has 4 rings (SSSR count). The fourth-order valence-electron chi connectivity index (χ4n) is 4.29. The topological polar surface area (TPSA) is 0 Å². The highest BCUT2D eigenvalue weighted by Crippen LogP contribution is 2.40. The lowest BCUT2D eigenvalue weighted by atomic mass is 9.76. The van der Waals surface area contributed by atoms with E-state index >= 15 is 0 Å². The lowest BCUT2D eigenvalue weighted by Crippen LogP contribution is -2.18. The van der Waals surface area contributed by atoms with Gasteiger partial charge in [-0.1, -0.05) is 80.5 Å². The Bertz CT molecular complexity index is 769. The fraction of sp³-hybridized carbons (Fsp3) is 0.417. The largest absolute Gasteiger partial charge is 0.298 e. The Labute approximate surface area is 155 Å². The third-order valence-electron chi connectivity index (χ3n) is 6.23. The highest BCUT2D eigenvalue weighted by Gasteiger charge is 2.36. The molecular formula is C24H26F2. The Kier molecular flexibility index (Phi) is 4.69. The van der Waals surface area contributed by atoms with Crippen molar-refractivity contribution < 1.29 is 8.78 Å². The maximum atomic E-state index is 14.3. The second-order valence-corrected chi connectivity index (χ2v) is 8.04. The Morgan fingerprint density at radius 1 is 0.962 bits per heavy atom. The number of rotatable bonds is 4. The Morgan fingerprint density at radius 3 is 2.19 bits per heavy atom. The monoisotopic (exact) mass is 352 g/mol. The maximum Gasteiger partial charge on any atom is 0.298 e. The number of alkyl halides is 2. The van der Waals surface area contributed by atoms with Gasteiger partial charge in [-0.15, -0.1) is 0 Å². The summed E-state index contributed by atoms with van der Waals surface area (Å²) in [7, 11) is 0. The first-order chi connectivity index (χ1) is 12.5. The first kappa shape index (κ1) is 17.5. The van der Waals surface area contributed by atoms with E-state index in [2.05, 4.69) is 25.2 Å². The second kappa shape index (κ2) is 6.98. The number of halogens is 2. The van der Waals surface area contributed by atoms with Crippen LogP contribution in [0.4, 0.5) is 8.78 Å². The van der Waals surface area contributed by atoms with Crippen LogP contribution in [0.2, 0.25) is 0 Å². The van der Waals surface area contributed by atoms with Gasteiger partial charge in [-0.3, -0.25) is 0 Å². The molecule has 0 radical (unpaired) electrons. The zero-order valence-electron chi connectivity index (χ0n) is 15.3. The van der Waals surface area contributed by atoms with Gasteiger partial charge in [-0.05, 0) is 42.2 Å². The summed E-state index contributed by atoms with van der Waals surface area (Å²) >= 11 is 0. The summed E-state index contributed by atoms with van der Waals surface area (Å²) in [5.74, 6) is -1.00. The van der Waals surface area contributed by atoms with Crippen LogP contribution >= 0.6 is 0 Å². The molecule has 0 bridgehead atoms. The van der Waals surface area contributed by atoms with Gasteiger partial charge in [0, 0.05) is 17.1 Å². The lowest BCUT2D eigenvalue weighted by molar-refractivity contribution is 0.0410. The van der Waals surface area contributed by atoms with Gasteiger partial charge in [-0.2, -0.15) is 8.78 Å². The van der Waals surface area contributed by atoms with E-state index in [1.54, 1.807) is 18.2 Å². The number of hydrogen-bond acceptors (Lipinski definition) is 0. The van der Waals surface area contributed by atoms with E-state index in [-0.39, 0.29) is 11.1 Å². The molecule has 1 aromatic carbocycles. The van der Waals surface area contributed by atoms with Gasteiger partial charge in [-0.25, -0.2) is 0 Å². The highest BCUT2D eigenvalue weighted by atomic mass is 19.3. The van der Waals surface area contributed by atoms with Gasteiger partial charge in [0.05, 0.1) is 0 Å². The molecule has 0 aliphatic heterocycles. The van der Waals surface area contributed by atoms with Crippen LogP contribution in [0.5, 0.6) is 0 Å². The van der Waals surface area contributed by atoms with E-state index in [0.717, 1.165) is 17.9 Å². The van der Waals surface area contributed by atoms with Gasteiger partial charge in [0.15, 0.2) is 0 Å². The van der Waals surface area contributed by atoms with Crippen LogP contribution in [0.25, 0.3) is 0 Å². The molecule has 136 valence electrons. The van der Waals surface area contributed by atoms with Crippen molar-refractivity contribution in [3.8, 4) is 0 Å². The molecule has 0 amide bonds. The minimum Gasteiger partial charge on any atom is -0.196 e. The molecule has 0 aromatic heterocycles. The van der Waals surface area contributed by atoms with Crippen LogP contribution in [0.15, 0.2) is 71.9 Å². The van der Waals surface area contributed by atoms with E-state index in [4.69, 9.17) is 0 Å². The third kappa shape index (κ3) is 3.34. The molecule has 1 fully saturated rings. The van der Waals surface area contributed by atoms with Crippen LogP contribution in [-0.4, -0.2) is 0 Å². The summed E-state index contributed by atoms with van der Waals surface area (Å²) in [6.45, 7) is 2.35. The van der Waals surface area contributed by atoms with Crippen molar-refractivity contribution in [3.05, 3.63) is 83.0 Å². The van der Waals surface area contributed by atoms with Crippen molar-refractivity contribution in [3.63, 3.8) is 0 Å². The van der Waals surface area contributed by atoms with Crippen LogP contribution in [0, 0.1) is 11.8 Å². The van der Waals surface area contributed by atoms with Crippen molar-refractivity contribution in [1.82, 2.24) is 0 Å². The van der Waals surface area contributed by atoms with Crippen molar-refractivity contribution in [2.24, 2.45) is 11.8 Å². The van der Waals surface area contributed by atoms with E-state index < -0.39 is 5.92 Å². The predicted molar refractivity (Wildman–Crippen MR) is 103 cm³/mol. The van der Waals surface area contributed by atoms with Crippen LogP contribution in [-0.2, 0) is 5.92 Å². The second-order valence-electron chi connectivity index (χ2n) is 8.04. The van der Waals surface area contributed by atoms with E-state index in [1.807, 2.05) is 12.1 Å². The molecule has 0 spiro atoms. The summed E-state index contributed by atoms with van der Waals surface area (Å²) < 4.78 is 28.6. The molecule has 1 atom stereocenters. The zero-order chi connectivity index (χ0) is 18.1. The van der Waals surface area contributed by atoms with Crippen LogP contribution < -0.4 is 0 Å². The molecule has 1 aromatic rings. The Balaban J connectivity index is 1.41. The summed E-state index contributed by atoms with van der Waals surface area (Å²) in [5, 5.41) is 0. The van der Waals surface area contributed by atoms with E-state index in [1.165, 1.54) is 43.4 Å². The molecule has 26 heavy (non-hydrogen) atoms. The summed E-state index contributed by atoms with van der Waals surface area (Å²) in [6, 6.07) is 6.89. The van der Waals surface area contributed by atoms with Gasteiger partial charge >= 0.3 is 0 Å². The van der Waals surface area contributed by atoms with Crippen molar-refractivity contribution in [2.45, 2.75) is 50.9 Å². The molecule has 0 nitrogen and oxygen atoms in total. The minimum atomic E-state index is -2.89. The maximum absolute atomic E-state index is 14.3. The standard InChI is InChI=1S/C24H26F2/c1-17-5-7-18(8-6-17)19-9-11-20(12-10-19)21-13-15-23(16-14-21)24(25,26)22-3-2-4-22/h2-4,9-11,13-18,20H,5-8,12H2,1H3. The molecule has 0 N–H and O–H groups in total. The van der Waals surface area contributed by atoms with Gasteiger partial charge < -0.3 is 0 Å². The van der Waals surface area contributed by atoms with Crippen molar-refractivity contribution in [1.29, 1.82) is 0 Å². The van der Waals surface area contributed by atoms with Gasteiger partial charge in [0.2, 0.25) is 0 Å². The Hall–Kier alpha value is -1.96. The lowest BCUT2D eigenvalue weighted by Gasteiger charge is -2.29. The van der Waals surface area contributed by atoms with Crippen LogP contribution in [0.3, 0.4) is 0 Å². The normalized spacial score (nSPS) is 28.3. The zero-order valence-corrected chi connectivity index (χ0v) is 15.3. The predicted octanol–water partition coefficient (Wildman–Crippen LogP) is 7.07. The fourth-order valence-corrected chi connectivity index (χ4v) is 4.29. The van der Waals surface area contributed by atoms with Gasteiger partial charge in [0.1, 0.15) is 0 Å². The van der Waals surface area contributed by atoms with E-state index in [0.29, 0.717) is 11.8 Å². The minimum absolute atomic E-state index is 0.0733. The molecule has 1 unspecified atom stereocenters. The van der Waals surface area contributed by atoms with Crippen molar-refractivity contribution in [2.75, 3.05) is 0 Å². The van der Waals surface area contributed by atoms with Crippen LogP contribution in [0.1, 0.15) is 56.1 Å². The first-order valence-electron chi connectivity index (χ1n) is 9.79. The SMILES string of the molecule is CC1CCC(C2=CCC(c3ccc(C(F)(F)C4=CC=C4)cc3)C=C2)CC1. The summed E-state index contributed by atoms with van der Waals surface area (Å²) in [5.41, 5.74) is 2.77. The molecule has 3 aliphatic rings. The summed E-state index contributed by atoms with van der Waals surface area (Å²) in [4.78, 5) is 0. The van der Waals surface area contributed by atoms with Crippen molar-refractivity contribution >= 4 is 0 Å². The number of allylic oxidation sites excluding steroid dienone is 8. The average molecular weight is 352 g/mol.